The molecule has 2 heterocycles. The number of H-pyrrole nitrogens is 2. The van der Waals surface area contributed by atoms with E-state index in [4.69, 9.17) is 0 Å². The van der Waals surface area contributed by atoms with Gasteiger partial charge < -0.3 is 0 Å². The first kappa shape index (κ1) is 18.5. The molecule has 4 aromatic rings. The SMILES string of the molecule is CC(c1cccc(-c2cn[nH]c2)c1)n1cc(-c2cc(F)cc(F)c2)c(=O)[nH]c1=O. The molecule has 0 spiro atoms. The standard InChI is InChI=1S/C21H16F2N4O2/c1-12(13-3-2-4-14(5-13)16-9-24-25-10-16)27-11-19(20(28)26-21(27)29)15-6-17(22)8-18(23)7-15/h2-12H,1H3,(H,24,25)(H,26,28,29). The van der Waals surface area contributed by atoms with Crippen molar-refractivity contribution in [3.63, 3.8) is 0 Å². The van der Waals surface area contributed by atoms with Gasteiger partial charge in [0.15, 0.2) is 0 Å². The fourth-order valence-electron chi connectivity index (χ4n) is 3.24. The molecular weight excluding hydrogens is 378 g/mol. The van der Waals surface area contributed by atoms with Gasteiger partial charge in [-0.2, -0.15) is 5.10 Å². The Morgan fingerprint density at radius 1 is 1.00 bits per heavy atom. The minimum atomic E-state index is -0.807. The predicted octanol–water partition coefficient (Wildman–Crippen LogP) is 3.48. The average Bonchev–Trinajstić information content (AvgIpc) is 3.22. The van der Waals surface area contributed by atoms with Gasteiger partial charge in [0.25, 0.3) is 5.56 Å². The Bertz CT molecular complexity index is 1270. The maximum Gasteiger partial charge on any atom is 0.328 e. The summed E-state index contributed by atoms with van der Waals surface area (Å²) in [7, 11) is 0. The number of aromatic amines is 2. The van der Waals surface area contributed by atoms with Gasteiger partial charge >= 0.3 is 5.69 Å². The van der Waals surface area contributed by atoms with E-state index in [9.17, 15) is 18.4 Å². The third-order valence-corrected chi connectivity index (χ3v) is 4.76. The summed E-state index contributed by atoms with van der Waals surface area (Å²) in [6, 6.07) is 9.91. The van der Waals surface area contributed by atoms with Crippen molar-refractivity contribution >= 4 is 0 Å². The summed E-state index contributed by atoms with van der Waals surface area (Å²) in [6.07, 6.45) is 4.77. The van der Waals surface area contributed by atoms with Crippen LogP contribution >= 0.6 is 0 Å². The van der Waals surface area contributed by atoms with Crippen LogP contribution in [0.2, 0.25) is 0 Å². The molecule has 6 nitrogen and oxygen atoms in total. The Labute approximate surface area is 163 Å². The van der Waals surface area contributed by atoms with Crippen molar-refractivity contribution in [2.75, 3.05) is 0 Å². The monoisotopic (exact) mass is 394 g/mol. The van der Waals surface area contributed by atoms with E-state index in [1.807, 2.05) is 24.3 Å². The first-order valence-corrected chi connectivity index (χ1v) is 8.83. The highest BCUT2D eigenvalue weighted by atomic mass is 19.1. The molecule has 29 heavy (non-hydrogen) atoms. The molecule has 0 bridgehead atoms. The molecule has 0 fully saturated rings. The average molecular weight is 394 g/mol. The molecule has 0 radical (unpaired) electrons. The minimum Gasteiger partial charge on any atom is -0.293 e. The van der Waals surface area contributed by atoms with Crippen LogP contribution < -0.4 is 11.2 Å². The largest absolute Gasteiger partial charge is 0.328 e. The highest BCUT2D eigenvalue weighted by Crippen LogP contribution is 2.25. The second-order valence-corrected chi connectivity index (χ2v) is 6.66. The third-order valence-electron chi connectivity index (χ3n) is 4.76. The van der Waals surface area contributed by atoms with Gasteiger partial charge in [0.05, 0.1) is 17.8 Å². The van der Waals surface area contributed by atoms with E-state index in [1.54, 1.807) is 19.3 Å². The summed E-state index contributed by atoms with van der Waals surface area (Å²) < 4.78 is 28.5. The zero-order chi connectivity index (χ0) is 20.5. The van der Waals surface area contributed by atoms with Crippen LogP contribution in [0, 0.1) is 11.6 Å². The Balaban J connectivity index is 1.80. The molecule has 0 aliphatic rings. The number of nitrogens with one attached hydrogen (secondary N) is 2. The van der Waals surface area contributed by atoms with Crippen LogP contribution in [0.3, 0.4) is 0 Å². The lowest BCUT2D eigenvalue weighted by atomic mass is 10.0. The van der Waals surface area contributed by atoms with Crippen LogP contribution in [0.1, 0.15) is 18.5 Å². The van der Waals surface area contributed by atoms with E-state index < -0.39 is 28.9 Å². The first-order valence-electron chi connectivity index (χ1n) is 8.83. The number of hydrogen-bond donors (Lipinski definition) is 2. The summed E-state index contributed by atoms with van der Waals surface area (Å²) in [6.45, 7) is 1.80. The van der Waals surface area contributed by atoms with Gasteiger partial charge in [-0.1, -0.05) is 18.2 Å². The Kier molecular flexibility index (Phi) is 4.67. The van der Waals surface area contributed by atoms with Crippen molar-refractivity contribution in [1.82, 2.24) is 19.7 Å². The second-order valence-electron chi connectivity index (χ2n) is 6.66. The zero-order valence-electron chi connectivity index (χ0n) is 15.3. The lowest BCUT2D eigenvalue weighted by molar-refractivity contribution is 0.583. The van der Waals surface area contributed by atoms with Gasteiger partial charge in [0, 0.05) is 24.0 Å². The summed E-state index contributed by atoms with van der Waals surface area (Å²) in [5.41, 5.74) is 1.34. The van der Waals surface area contributed by atoms with Crippen molar-refractivity contribution in [3.8, 4) is 22.3 Å². The molecule has 0 aliphatic carbocycles. The molecule has 2 aromatic carbocycles. The molecule has 1 atom stereocenters. The fraction of sp³-hybridized carbons (Fsp3) is 0.0952. The number of aromatic nitrogens is 4. The van der Waals surface area contributed by atoms with Gasteiger partial charge in [-0.3, -0.25) is 19.4 Å². The maximum absolute atomic E-state index is 13.6. The minimum absolute atomic E-state index is 0.000777. The third kappa shape index (κ3) is 3.64. The van der Waals surface area contributed by atoms with Crippen molar-refractivity contribution in [2.45, 2.75) is 13.0 Å². The zero-order valence-corrected chi connectivity index (χ0v) is 15.3. The molecule has 8 heteroatoms. The molecule has 2 N–H and O–H groups in total. The lowest BCUT2D eigenvalue weighted by Gasteiger charge is -2.17. The molecule has 0 aliphatic heterocycles. The second kappa shape index (κ2) is 7.31. The summed E-state index contributed by atoms with van der Waals surface area (Å²) in [5.74, 6) is -1.61. The molecule has 146 valence electrons. The van der Waals surface area contributed by atoms with E-state index in [1.165, 1.54) is 10.8 Å². The molecule has 0 saturated carbocycles. The van der Waals surface area contributed by atoms with Crippen LogP contribution in [0.5, 0.6) is 0 Å². The number of benzene rings is 2. The van der Waals surface area contributed by atoms with Crippen molar-refractivity contribution in [3.05, 3.63) is 99.1 Å². The highest BCUT2D eigenvalue weighted by molar-refractivity contribution is 5.63. The van der Waals surface area contributed by atoms with Gasteiger partial charge in [-0.05, 0) is 41.8 Å². The van der Waals surface area contributed by atoms with E-state index in [2.05, 4.69) is 15.2 Å². The quantitative estimate of drug-likeness (QED) is 0.556. The number of hydrogen-bond acceptors (Lipinski definition) is 3. The van der Waals surface area contributed by atoms with E-state index >= 15 is 0 Å². The van der Waals surface area contributed by atoms with Gasteiger partial charge in [-0.25, -0.2) is 13.6 Å². The summed E-state index contributed by atoms with van der Waals surface area (Å²) in [5, 5.41) is 6.69. The molecule has 1 unspecified atom stereocenters. The van der Waals surface area contributed by atoms with Crippen molar-refractivity contribution < 1.29 is 8.78 Å². The van der Waals surface area contributed by atoms with Crippen molar-refractivity contribution in [2.24, 2.45) is 0 Å². The van der Waals surface area contributed by atoms with Crippen molar-refractivity contribution in [1.29, 1.82) is 0 Å². The Morgan fingerprint density at radius 2 is 1.76 bits per heavy atom. The first-order chi connectivity index (χ1) is 13.9. The summed E-state index contributed by atoms with van der Waals surface area (Å²) in [4.78, 5) is 26.9. The summed E-state index contributed by atoms with van der Waals surface area (Å²) >= 11 is 0. The Hall–Kier alpha value is -3.81. The number of rotatable bonds is 4. The van der Waals surface area contributed by atoms with Crippen LogP contribution in [-0.4, -0.2) is 19.7 Å². The normalized spacial score (nSPS) is 12.1. The smallest absolute Gasteiger partial charge is 0.293 e. The predicted molar refractivity (Wildman–Crippen MR) is 105 cm³/mol. The topological polar surface area (TPSA) is 83.5 Å². The van der Waals surface area contributed by atoms with Gasteiger partial charge in [0.1, 0.15) is 11.6 Å². The molecule has 4 rings (SSSR count). The molecular formula is C21H16F2N4O2. The number of nitrogens with zero attached hydrogens (tertiary/aromatic N) is 2. The van der Waals surface area contributed by atoms with Crippen LogP contribution in [0.25, 0.3) is 22.3 Å². The molecule has 2 aromatic heterocycles. The van der Waals surface area contributed by atoms with Gasteiger partial charge in [0.2, 0.25) is 0 Å². The maximum atomic E-state index is 13.6. The Morgan fingerprint density at radius 3 is 2.45 bits per heavy atom. The van der Waals surface area contributed by atoms with E-state index in [0.29, 0.717) is 0 Å². The fourth-order valence-corrected chi connectivity index (χ4v) is 3.24. The molecule has 0 saturated heterocycles. The highest BCUT2D eigenvalue weighted by Gasteiger charge is 2.15. The van der Waals surface area contributed by atoms with Gasteiger partial charge in [-0.15, -0.1) is 0 Å². The lowest BCUT2D eigenvalue weighted by Crippen LogP contribution is -2.32. The van der Waals surface area contributed by atoms with Crippen LogP contribution in [0.4, 0.5) is 8.78 Å². The van der Waals surface area contributed by atoms with E-state index in [-0.39, 0.29) is 11.1 Å². The molecule has 0 amide bonds. The van der Waals surface area contributed by atoms with Crippen LogP contribution in [0.15, 0.2) is 70.6 Å². The van der Waals surface area contributed by atoms with E-state index in [0.717, 1.165) is 34.9 Å². The number of halogens is 2. The van der Waals surface area contributed by atoms with Crippen LogP contribution in [-0.2, 0) is 0 Å².